The number of hydrogen-bond acceptors (Lipinski definition) is 4. The number of carboxylic acids is 1. The number of piperidine rings is 1. The summed E-state index contributed by atoms with van der Waals surface area (Å²) in [7, 11) is 0. The molecule has 1 amide bonds. The number of aromatic nitrogens is 2. The van der Waals surface area contributed by atoms with Gasteiger partial charge >= 0.3 is 5.97 Å². The number of carbonyl (C=O) groups excluding carboxylic acids is 1. The minimum atomic E-state index is -0.921. The van der Waals surface area contributed by atoms with Crippen molar-refractivity contribution in [3.63, 3.8) is 0 Å². The number of aliphatic carboxylic acids is 1. The molecule has 3 aromatic rings. The van der Waals surface area contributed by atoms with Gasteiger partial charge in [0.1, 0.15) is 10.9 Å². The Balaban J connectivity index is 1.66. The average Bonchev–Trinajstić information content (AvgIpc) is 3.23. The van der Waals surface area contributed by atoms with Gasteiger partial charge in [0, 0.05) is 11.9 Å². The molecule has 1 aromatic carbocycles. The highest BCUT2D eigenvalue weighted by Gasteiger charge is 2.33. The quantitative estimate of drug-likeness (QED) is 0.748. The SMILES string of the molecule is Cc1nn(Cc2ccccc2)c2sc(C(=O)N3CCCCC3C(=O)O)cc12. The Bertz CT molecular complexity index is 993. The predicted octanol–water partition coefficient (Wildman–Crippen LogP) is 3.53. The van der Waals surface area contributed by atoms with Crippen molar-refractivity contribution in [3.8, 4) is 0 Å². The maximum Gasteiger partial charge on any atom is 0.326 e. The maximum atomic E-state index is 13.0. The van der Waals surface area contributed by atoms with Crippen molar-refractivity contribution in [3.05, 3.63) is 52.5 Å². The van der Waals surface area contributed by atoms with Crippen LogP contribution < -0.4 is 0 Å². The molecule has 1 atom stereocenters. The van der Waals surface area contributed by atoms with Crippen LogP contribution in [0, 0.1) is 6.92 Å². The normalized spacial score (nSPS) is 17.4. The molecule has 1 N–H and O–H groups in total. The highest BCUT2D eigenvalue weighted by Crippen LogP contribution is 2.31. The lowest BCUT2D eigenvalue weighted by molar-refractivity contribution is -0.143. The number of carboxylic acid groups (broad SMARTS) is 1. The first kappa shape index (κ1) is 17.7. The zero-order valence-electron chi connectivity index (χ0n) is 15.1. The summed E-state index contributed by atoms with van der Waals surface area (Å²) in [4.78, 5) is 27.6. The molecule has 7 heteroatoms. The Morgan fingerprint density at radius 1 is 1.26 bits per heavy atom. The van der Waals surface area contributed by atoms with Crippen molar-refractivity contribution < 1.29 is 14.7 Å². The minimum Gasteiger partial charge on any atom is -0.480 e. The van der Waals surface area contributed by atoms with Crippen LogP contribution in [0.1, 0.15) is 40.2 Å². The van der Waals surface area contributed by atoms with Gasteiger partial charge in [-0.3, -0.25) is 9.48 Å². The third-order valence-corrected chi connectivity index (χ3v) is 6.18. The molecule has 4 rings (SSSR count). The highest BCUT2D eigenvalue weighted by molar-refractivity contribution is 7.20. The number of thiophene rings is 1. The molecule has 2 aromatic heterocycles. The third kappa shape index (κ3) is 3.35. The molecule has 0 bridgehead atoms. The molecule has 1 saturated heterocycles. The second-order valence-electron chi connectivity index (χ2n) is 6.91. The molecule has 0 saturated carbocycles. The highest BCUT2D eigenvalue weighted by atomic mass is 32.1. The summed E-state index contributed by atoms with van der Waals surface area (Å²) < 4.78 is 1.92. The molecule has 27 heavy (non-hydrogen) atoms. The summed E-state index contributed by atoms with van der Waals surface area (Å²) in [6, 6.07) is 11.2. The van der Waals surface area contributed by atoms with E-state index < -0.39 is 12.0 Å². The summed E-state index contributed by atoms with van der Waals surface area (Å²) in [6.45, 7) is 3.08. The Labute approximate surface area is 161 Å². The number of fused-ring (bicyclic) bond motifs is 1. The van der Waals surface area contributed by atoms with Crippen LogP contribution in [0.5, 0.6) is 0 Å². The maximum absolute atomic E-state index is 13.0. The van der Waals surface area contributed by atoms with Crippen molar-refractivity contribution in [1.82, 2.24) is 14.7 Å². The van der Waals surface area contributed by atoms with Gasteiger partial charge in [-0.15, -0.1) is 11.3 Å². The minimum absolute atomic E-state index is 0.186. The van der Waals surface area contributed by atoms with E-state index >= 15 is 0 Å². The lowest BCUT2D eigenvalue weighted by atomic mass is 10.0. The van der Waals surface area contributed by atoms with E-state index in [9.17, 15) is 14.7 Å². The number of amides is 1. The largest absolute Gasteiger partial charge is 0.480 e. The topological polar surface area (TPSA) is 75.4 Å². The predicted molar refractivity (Wildman–Crippen MR) is 104 cm³/mol. The smallest absolute Gasteiger partial charge is 0.326 e. The fraction of sp³-hybridized carbons (Fsp3) is 0.350. The first-order valence-electron chi connectivity index (χ1n) is 9.09. The number of likely N-dealkylation sites (tertiary alicyclic amines) is 1. The lowest BCUT2D eigenvalue weighted by Gasteiger charge is -2.32. The van der Waals surface area contributed by atoms with Gasteiger partial charge in [-0.05, 0) is 37.8 Å². The molecule has 3 heterocycles. The van der Waals surface area contributed by atoms with Crippen LogP contribution in [-0.4, -0.2) is 44.3 Å². The van der Waals surface area contributed by atoms with Crippen LogP contribution in [0.15, 0.2) is 36.4 Å². The second-order valence-corrected chi connectivity index (χ2v) is 7.94. The van der Waals surface area contributed by atoms with Crippen molar-refractivity contribution in [2.45, 2.75) is 38.8 Å². The van der Waals surface area contributed by atoms with Gasteiger partial charge in [0.05, 0.1) is 17.1 Å². The van der Waals surface area contributed by atoms with Gasteiger partial charge in [-0.25, -0.2) is 4.79 Å². The Hall–Kier alpha value is -2.67. The van der Waals surface area contributed by atoms with Crippen LogP contribution in [0.3, 0.4) is 0 Å². The zero-order chi connectivity index (χ0) is 19.0. The fourth-order valence-corrected chi connectivity index (χ4v) is 4.77. The average molecular weight is 383 g/mol. The van der Waals surface area contributed by atoms with E-state index in [0.717, 1.165) is 34.3 Å². The summed E-state index contributed by atoms with van der Waals surface area (Å²) in [6.07, 6.45) is 2.21. The summed E-state index contributed by atoms with van der Waals surface area (Å²) in [5.74, 6) is -1.11. The van der Waals surface area contributed by atoms with E-state index in [4.69, 9.17) is 0 Å². The number of hydrogen-bond donors (Lipinski definition) is 1. The Morgan fingerprint density at radius 3 is 2.78 bits per heavy atom. The molecule has 1 fully saturated rings. The number of benzene rings is 1. The van der Waals surface area contributed by atoms with Crippen LogP contribution in [0.2, 0.25) is 0 Å². The number of aryl methyl sites for hydroxylation is 1. The molecule has 1 aliphatic heterocycles. The summed E-state index contributed by atoms with van der Waals surface area (Å²) in [5, 5.41) is 15.0. The molecule has 0 spiro atoms. The molecular formula is C20H21N3O3S. The van der Waals surface area contributed by atoms with Gasteiger partial charge in [-0.2, -0.15) is 5.10 Å². The van der Waals surface area contributed by atoms with Crippen LogP contribution >= 0.6 is 11.3 Å². The van der Waals surface area contributed by atoms with Crippen LogP contribution in [0.25, 0.3) is 10.2 Å². The molecule has 1 aliphatic rings. The van der Waals surface area contributed by atoms with Crippen molar-refractivity contribution in [2.75, 3.05) is 6.54 Å². The number of carbonyl (C=O) groups is 2. The van der Waals surface area contributed by atoms with Gasteiger partial charge in [0.2, 0.25) is 0 Å². The van der Waals surface area contributed by atoms with E-state index in [-0.39, 0.29) is 5.91 Å². The molecule has 140 valence electrons. The third-order valence-electron chi connectivity index (χ3n) is 5.04. The second kappa shape index (κ2) is 7.15. The first-order chi connectivity index (χ1) is 13.0. The van der Waals surface area contributed by atoms with E-state index in [1.807, 2.05) is 48.0 Å². The standard InChI is InChI=1S/C20H21N3O3S/c1-13-15-11-17(18(24)22-10-6-5-9-16(22)20(25)26)27-19(15)23(21-13)12-14-7-3-2-4-8-14/h2-4,7-8,11,16H,5-6,9-10,12H2,1H3,(H,25,26). The number of rotatable bonds is 4. The molecule has 6 nitrogen and oxygen atoms in total. The molecule has 0 radical (unpaired) electrons. The zero-order valence-corrected chi connectivity index (χ0v) is 15.9. The molecular weight excluding hydrogens is 362 g/mol. The van der Waals surface area contributed by atoms with E-state index in [1.54, 1.807) is 0 Å². The monoisotopic (exact) mass is 383 g/mol. The van der Waals surface area contributed by atoms with Crippen molar-refractivity contribution in [1.29, 1.82) is 0 Å². The Morgan fingerprint density at radius 2 is 2.04 bits per heavy atom. The number of nitrogens with zero attached hydrogens (tertiary/aromatic N) is 3. The molecule has 1 unspecified atom stereocenters. The van der Waals surface area contributed by atoms with E-state index in [2.05, 4.69) is 5.10 Å². The van der Waals surface area contributed by atoms with Gasteiger partial charge in [0.25, 0.3) is 5.91 Å². The van der Waals surface area contributed by atoms with Crippen molar-refractivity contribution >= 4 is 33.4 Å². The van der Waals surface area contributed by atoms with Crippen LogP contribution in [0.4, 0.5) is 0 Å². The fourth-order valence-electron chi connectivity index (χ4n) is 3.65. The van der Waals surface area contributed by atoms with Gasteiger partial charge < -0.3 is 10.0 Å². The molecule has 0 aliphatic carbocycles. The Kier molecular flexibility index (Phi) is 4.70. The van der Waals surface area contributed by atoms with Gasteiger partial charge in [0.15, 0.2) is 0 Å². The van der Waals surface area contributed by atoms with E-state index in [0.29, 0.717) is 24.4 Å². The summed E-state index contributed by atoms with van der Waals surface area (Å²) >= 11 is 1.40. The van der Waals surface area contributed by atoms with E-state index in [1.165, 1.54) is 16.2 Å². The van der Waals surface area contributed by atoms with Gasteiger partial charge in [-0.1, -0.05) is 30.3 Å². The van der Waals surface area contributed by atoms with Crippen molar-refractivity contribution in [2.24, 2.45) is 0 Å². The lowest BCUT2D eigenvalue weighted by Crippen LogP contribution is -2.47. The van der Waals surface area contributed by atoms with Crippen LogP contribution in [-0.2, 0) is 11.3 Å². The first-order valence-corrected chi connectivity index (χ1v) is 9.91. The summed E-state index contributed by atoms with van der Waals surface area (Å²) in [5.41, 5.74) is 2.02.